The number of rotatable bonds is 7. The highest BCUT2D eigenvalue weighted by Gasteiger charge is 2.24. The highest BCUT2D eigenvalue weighted by atomic mass is 16.3. The number of carbonyl (C=O) groups excluding carboxylic acids is 1. The summed E-state index contributed by atoms with van der Waals surface area (Å²) in [5.74, 6) is 0.163. The van der Waals surface area contributed by atoms with E-state index in [2.05, 4.69) is 23.1 Å². The van der Waals surface area contributed by atoms with Crippen molar-refractivity contribution in [3.8, 4) is 0 Å². The van der Waals surface area contributed by atoms with Crippen LogP contribution in [0.2, 0.25) is 0 Å². The Balaban J connectivity index is 1.57. The van der Waals surface area contributed by atoms with Gasteiger partial charge in [-0.05, 0) is 23.6 Å². The van der Waals surface area contributed by atoms with Crippen LogP contribution in [0.15, 0.2) is 54.6 Å². The molecule has 3 rings (SSSR count). The molecule has 0 unspecified atom stereocenters. The van der Waals surface area contributed by atoms with Crippen molar-refractivity contribution in [3.05, 3.63) is 65.7 Å². The molecule has 0 bridgehead atoms. The minimum Gasteiger partial charge on any atom is -0.395 e. The lowest BCUT2D eigenvalue weighted by Gasteiger charge is -2.23. The quantitative estimate of drug-likeness (QED) is 0.851. The molecule has 0 atom stereocenters. The zero-order valence-electron chi connectivity index (χ0n) is 13.9. The molecule has 0 aliphatic carbocycles. The van der Waals surface area contributed by atoms with Gasteiger partial charge in [-0.3, -0.25) is 9.69 Å². The Morgan fingerprint density at radius 2 is 1.79 bits per heavy atom. The van der Waals surface area contributed by atoms with Crippen LogP contribution in [0.3, 0.4) is 0 Å². The first-order valence-electron chi connectivity index (χ1n) is 8.53. The molecule has 1 amide bonds. The maximum absolute atomic E-state index is 12.6. The van der Waals surface area contributed by atoms with Gasteiger partial charge in [-0.15, -0.1) is 0 Å². The second kappa shape index (κ2) is 8.08. The number of aliphatic hydroxyl groups is 1. The largest absolute Gasteiger partial charge is 0.395 e. The number of anilines is 1. The highest BCUT2D eigenvalue weighted by molar-refractivity contribution is 5.95. The van der Waals surface area contributed by atoms with Crippen LogP contribution in [0.4, 0.5) is 5.69 Å². The van der Waals surface area contributed by atoms with Crippen molar-refractivity contribution in [2.45, 2.75) is 19.4 Å². The first kappa shape index (κ1) is 16.7. The van der Waals surface area contributed by atoms with Gasteiger partial charge < -0.3 is 10.0 Å². The van der Waals surface area contributed by atoms with E-state index >= 15 is 0 Å². The molecule has 2 aromatic rings. The van der Waals surface area contributed by atoms with Crippen molar-refractivity contribution in [1.29, 1.82) is 0 Å². The third kappa shape index (κ3) is 4.02. The number of amides is 1. The van der Waals surface area contributed by atoms with Crippen LogP contribution in [0.25, 0.3) is 0 Å². The maximum Gasteiger partial charge on any atom is 0.228 e. The standard InChI is InChI=1S/C20H24N2O2/c23-15-14-21(16-17-6-2-1-3-7-17)12-11-20(24)22-13-10-18-8-4-5-9-19(18)22/h1-9,23H,10-16H2. The Kier molecular flexibility index (Phi) is 5.62. The lowest BCUT2D eigenvalue weighted by molar-refractivity contribution is -0.118. The molecule has 126 valence electrons. The van der Waals surface area contributed by atoms with Gasteiger partial charge in [0.25, 0.3) is 0 Å². The van der Waals surface area contributed by atoms with Crippen molar-refractivity contribution in [1.82, 2.24) is 4.90 Å². The van der Waals surface area contributed by atoms with Crippen LogP contribution in [0.1, 0.15) is 17.5 Å². The monoisotopic (exact) mass is 324 g/mol. The van der Waals surface area contributed by atoms with E-state index in [9.17, 15) is 9.90 Å². The van der Waals surface area contributed by atoms with Crippen molar-refractivity contribution in [2.24, 2.45) is 0 Å². The number of para-hydroxylation sites is 1. The fourth-order valence-electron chi connectivity index (χ4n) is 3.24. The summed E-state index contributed by atoms with van der Waals surface area (Å²) < 4.78 is 0. The molecule has 2 aromatic carbocycles. The molecule has 0 fully saturated rings. The third-order valence-electron chi connectivity index (χ3n) is 4.50. The fraction of sp³-hybridized carbons (Fsp3) is 0.350. The summed E-state index contributed by atoms with van der Waals surface area (Å²) in [4.78, 5) is 16.6. The smallest absolute Gasteiger partial charge is 0.228 e. The lowest BCUT2D eigenvalue weighted by atomic mass is 10.2. The van der Waals surface area contributed by atoms with E-state index in [1.54, 1.807) is 0 Å². The summed E-state index contributed by atoms with van der Waals surface area (Å²) in [6.07, 6.45) is 1.41. The molecule has 0 radical (unpaired) electrons. The first-order valence-corrected chi connectivity index (χ1v) is 8.53. The van der Waals surface area contributed by atoms with Gasteiger partial charge in [-0.25, -0.2) is 0 Å². The van der Waals surface area contributed by atoms with Crippen molar-refractivity contribution in [2.75, 3.05) is 31.1 Å². The van der Waals surface area contributed by atoms with Crippen LogP contribution in [-0.2, 0) is 17.8 Å². The fourth-order valence-corrected chi connectivity index (χ4v) is 3.24. The molecule has 0 spiro atoms. The zero-order valence-corrected chi connectivity index (χ0v) is 13.9. The van der Waals surface area contributed by atoms with Crippen molar-refractivity contribution >= 4 is 11.6 Å². The van der Waals surface area contributed by atoms with Gasteiger partial charge in [0, 0.05) is 38.3 Å². The minimum atomic E-state index is 0.105. The van der Waals surface area contributed by atoms with E-state index < -0.39 is 0 Å². The number of carbonyl (C=O) groups is 1. The van der Waals surface area contributed by atoms with E-state index in [0.29, 0.717) is 19.5 Å². The first-order chi connectivity index (χ1) is 11.8. The lowest BCUT2D eigenvalue weighted by Crippen LogP contribution is -2.34. The molecule has 1 aliphatic rings. The van der Waals surface area contributed by atoms with Crippen LogP contribution in [-0.4, -0.2) is 42.2 Å². The van der Waals surface area contributed by atoms with E-state index in [4.69, 9.17) is 0 Å². The molecule has 4 nitrogen and oxygen atoms in total. The second-order valence-electron chi connectivity index (χ2n) is 6.16. The van der Waals surface area contributed by atoms with Gasteiger partial charge in [0.2, 0.25) is 5.91 Å². The maximum atomic E-state index is 12.6. The zero-order chi connectivity index (χ0) is 16.8. The summed E-state index contributed by atoms with van der Waals surface area (Å²) in [7, 11) is 0. The number of hydrogen-bond donors (Lipinski definition) is 1. The number of aliphatic hydroxyl groups excluding tert-OH is 1. The van der Waals surface area contributed by atoms with E-state index in [1.807, 2.05) is 41.3 Å². The highest BCUT2D eigenvalue weighted by Crippen LogP contribution is 2.27. The Morgan fingerprint density at radius 3 is 2.58 bits per heavy atom. The van der Waals surface area contributed by atoms with Gasteiger partial charge in [-0.1, -0.05) is 48.5 Å². The van der Waals surface area contributed by atoms with Gasteiger partial charge >= 0.3 is 0 Å². The number of benzene rings is 2. The van der Waals surface area contributed by atoms with Crippen molar-refractivity contribution < 1.29 is 9.90 Å². The SMILES string of the molecule is O=C(CCN(CCO)Cc1ccccc1)N1CCc2ccccc21. The molecule has 0 saturated heterocycles. The van der Waals surface area contributed by atoms with Gasteiger partial charge in [0.15, 0.2) is 0 Å². The summed E-state index contributed by atoms with van der Waals surface area (Å²) >= 11 is 0. The van der Waals surface area contributed by atoms with Gasteiger partial charge in [0.1, 0.15) is 0 Å². The van der Waals surface area contributed by atoms with Crippen LogP contribution in [0, 0.1) is 0 Å². The third-order valence-corrected chi connectivity index (χ3v) is 4.50. The summed E-state index contributed by atoms with van der Waals surface area (Å²) in [6, 6.07) is 18.3. The molecule has 1 N–H and O–H groups in total. The molecule has 1 aliphatic heterocycles. The Labute approximate surface area is 143 Å². The van der Waals surface area contributed by atoms with E-state index in [-0.39, 0.29) is 12.5 Å². The molecular weight excluding hydrogens is 300 g/mol. The van der Waals surface area contributed by atoms with Gasteiger partial charge in [0.05, 0.1) is 6.61 Å². The predicted molar refractivity (Wildman–Crippen MR) is 95.9 cm³/mol. The van der Waals surface area contributed by atoms with E-state index in [1.165, 1.54) is 11.1 Å². The van der Waals surface area contributed by atoms with Crippen LogP contribution >= 0.6 is 0 Å². The normalized spacial score (nSPS) is 13.3. The van der Waals surface area contributed by atoms with Crippen LogP contribution in [0.5, 0.6) is 0 Å². The van der Waals surface area contributed by atoms with Crippen LogP contribution < -0.4 is 4.90 Å². The Hall–Kier alpha value is -2.17. The van der Waals surface area contributed by atoms with E-state index in [0.717, 1.165) is 25.2 Å². The second-order valence-corrected chi connectivity index (χ2v) is 6.16. The Bertz CT molecular complexity index is 672. The molecule has 0 saturated carbocycles. The summed E-state index contributed by atoms with van der Waals surface area (Å²) in [6.45, 7) is 2.88. The molecule has 0 aromatic heterocycles. The average Bonchev–Trinajstić information content (AvgIpc) is 3.05. The number of nitrogens with zero attached hydrogens (tertiary/aromatic N) is 2. The molecule has 24 heavy (non-hydrogen) atoms. The van der Waals surface area contributed by atoms with Crippen molar-refractivity contribution in [3.63, 3.8) is 0 Å². The average molecular weight is 324 g/mol. The summed E-state index contributed by atoms with van der Waals surface area (Å²) in [5, 5.41) is 9.28. The summed E-state index contributed by atoms with van der Waals surface area (Å²) in [5.41, 5.74) is 3.51. The molecule has 4 heteroatoms. The Morgan fingerprint density at radius 1 is 1.04 bits per heavy atom. The number of hydrogen-bond acceptors (Lipinski definition) is 3. The number of fused-ring (bicyclic) bond motifs is 1. The topological polar surface area (TPSA) is 43.8 Å². The van der Waals surface area contributed by atoms with Gasteiger partial charge in [-0.2, -0.15) is 0 Å². The molecular formula is C20H24N2O2. The predicted octanol–water partition coefficient (Wildman–Crippen LogP) is 2.46. The molecule has 1 heterocycles. The minimum absolute atomic E-state index is 0.105.